The van der Waals surface area contributed by atoms with E-state index in [4.69, 9.17) is 0 Å². The summed E-state index contributed by atoms with van der Waals surface area (Å²) in [7, 11) is 0. The van der Waals surface area contributed by atoms with Gasteiger partial charge in [-0.15, -0.1) is 0 Å². The molecule has 164 valence electrons. The highest BCUT2D eigenvalue weighted by Gasteiger charge is 2.33. The normalized spacial score (nSPS) is 12.5. The Morgan fingerprint density at radius 1 is 1.16 bits per heavy atom. The number of anilines is 1. The Kier molecular flexibility index (Phi) is 6.23. The minimum absolute atomic E-state index is 0.00851. The molecule has 0 spiro atoms. The Bertz CT molecular complexity index is 1140. The second-order valence-corrected chi connectivity index (χ2v) is 7.09. The van der Waals surface area contributed by atoms with E-state index in [1.54, 1.807) is 0 Å². The molecule has 0 aliphatic rings. The number of guanidine groups is 1. The van der Waals surface area contributed by atoms with E-state index in [-0.39, 0.29) is 34.2 Å². The lowest BCUT2D eigenvalue weighted by atomic mass is 10.1. The first-order valence-corrected chi connectivity index (χ1v) is 9.19. The van der Waals surface area contributed by atoms with Crippen LogP contribution >= 0.6 is 0 Å². The standard InChI is InChI=1S/C20H18F5N5O/c1-10(2)9-26-19(28-18(31)11-6-7-14(21)15(22)8-11)27-17-12-4-3-5-13(20(23,24)25)16(12)29-30-17/h3-8,10H,9H2,1-2H3,(H3,26,27,28,29,30,31). The molecule has 0 saturated heterocycles. The number of hydrogen-bond acceptors (Lipinski definition) is 2. The molecule has 0 aliphatic heterocycles. The maximum absolute atomic E-state index is 13.4. The number of aliphatic imine (C=N–C) groups is 1. The quantitative estimate of drug-likeness (QED) is 0.312. The van der Waals surface area contributed by atoms with Crippen LogP contribution in [0, 0.1) is 17.6 Å². The van der Waals surface area contributed by atoms with Crippen LogP contribution in [0.2, 0.25) is 0 Å². The molecule has 2 aromatic carbocycles. The Balaban J connectivity index is 1.95. The van der Waals surface area contributed by atoms with E-state index in [9.17, 15) is 26.7 Å². The smallest absolute Gasteiger partial charge is 0.355 e. The van der Waals surface area contributed by atoms with Gasteiger partial charge in [-0.05, 0) is 36.2 Å². The van der Waals surface area contributed by atoms with Crippen molar-refractivity contribution in [2.24, 2.45) is 10.9 Å². The fraction of sp³-hybridized carbons (Fsp3) is 0.250. The number of hydrogen-bond donors (Lipinski definition) is 3. The van der Waals surface area contributed by atoms with Gasteiger partial charge in [0.2, 0.25) is 5.96 Å². The fourth-order valence-corrected chi connectivity index (χ4v) is 2.69. The molecule has 11 heteroatoms. The van der Waals surface area contributed by atoms with Crippen molar-refractivity contribution in [3.8, 4) is 0 Å². The molecule has 0 fully saturated rings. The first-order valence-electron chi connectivity index (χ1n) is 9.19. The number of rotatable bonds is 4. The van der Waals surface area contributed by atoms with Crippen molar-refractivity contribution < 1.29 is 26.7 Å². The maximum atomic E-state index is 13.4. The summed E-state index contributed by atoms with van der Waals surface area (Å²) in [5.41, 5.74) is -1.32. The van der Waals surface area contributed by atoms with E-state index in [2.05, 4.69) is 25.8 Å². The van der Waals surface area contributed by atoms with Crippen LogP contribution in [0.25, 0.3) is 10.9 Å². The summed E-state index contributed by atoms with van der Waals surface area (Å²) in [5, 5.41) is 11.9. The van der Waals surface area contributed by atoms with Crippen LogP contribution in [0.3, 0.4) is 0 Å². The molecule has 3 rings (SSSR count). The Morgan fingerprint density at radius 2 is 1.90 bits per heavy atom. The Morgan fingerprint density at radius 3 is 2.55 bits per heavy atom. The molecular formula is C20H18F5N5O. The number of amides is 1. The maximum Gasteiger partial charge on any atom is 0.418 e. The predicted molar refractivity (Wildman–Crippen MR) is 106 cm³/mol. The molecule has 1 heterocycles. The topological polar surface area (TPSA) is 82.2 Å². The van der Waals surface area contributed by atoms with Gasteiger partial charge in [0.15, 0.2) is 17.5 Å². The second-order valence-electron chi connectivity index (χ2n) is 7.09. The van der Waals surface area contributed by atoms with E-state index < -0.39 is 29.3 Å². The molecule has 31 heavy (non-hydrogen) atoms. The molecule has 0 atom stereocenters. The summed E-state index contributed by atoms with van der Waals surface area (Å²) in [4.78, 5) is 16.2. The van der Waals surface area contributed by atoms with Crippen molar-refractivity contribution in [3.05, 3.63) is 59.2 Å². The minimum atomic E-state index is -4.58. The molecular weight excluding hydrogens is 421 g/mol. The van der Waals surface area contributed by atoms with E-state index in [0.717, 1.165) is 18.2 Å². The summed E-state index contributed by atoms with van der Waals surface area (Å²) < 4.78 is 66.2. The van der Waals surface area contributed by atoms with Crippen molar-refractivity contribution >= 4 is 28.6 Å². The zero-order valence-corrected chi connectivity index (χ0v) is 16.4. The van der Waals surface area contributed by atoms with Crippen molar-refractivity contribution in [1.82, 2.24) is 15.5 Å². The SMILES string of the molecule is CC(C)CN/C(=N/C(=O)c1ccc(F)c(F)c1)Nc1n[nH]c2c(C(F)(F)F)cccc12. The summed E-state index contributed by atoms with van der Waals surface area (Å²) in [6, 6.07) is 6.16. The highest BCUT2D eigenvalue weighted by atomic mass is 19.4. The summed E-state index contributed by atoms with van der Waals surface area (Å²) in [5.74, 6) is -3.15. The first kappa shape index (κ1) is 22.2. The molecule has 6 nitrogen and oxygen atoms in total. The number of benzene rings is 2. The van der Waals surface area contributed by atoms with Gasteiger partial charge in [0.05, 0.1) is 11.1 Å². The lowest BCUT2D eigenvalue weighted by Gasteiger charge is -2.13. The molecule has 0 unspecified atom stereocenters. The van der Waals surface area contributed by atoms with E-state index >= 15 is 0 Å². The summed E-state index contributed by atoms with van der Waals surface area (Å²) in [6.07, 6.45) is -4.58. The van der Waals surface area contributed by atoms with Gasteiger partial charge in [-0.2, -0.15) is 23.3 Å². The van der Waals surface area contributed by atoms with Crippen LogP contribution in [0.1, 0.15) is 29.8 Å². The Hall–Kier alpha value is -3.50. The van der Waals surface area contributed by atoms with Gasteiger partial charge in [-0.25, -0.2) is 8.78 Å². The van der Waals surface area contributed by atoms with E-state index in [1.165, 1.54) is 12.1 Å². The third-order valence-corrected chi connectivity index (χ3v) is 4.20. The fourth-order valence-electron chi connectivity index (χ4n) is 2.69. The van der Waals surface area contributed by atoms with Gasteiger partial charge < -0.3 is 10.6 Å². The average molecular weight is 439 g/mol. The number of carbonyl (C=O) groups excluding carboxylic acids is 1. The van der Waals surface area contributed by atoms with Crippen LogP contribution in [0.5, 0.6) is 0 Å². The van der Waals surface area contributed by atoms with Crippen molar-refractivity contribution in [1.29, 1.82) is 0 Å². The van der Waals surface area contributed by atoms with Gasteiger partial charge in [0.1, 0.15) is 0 Å². The number of alkyl halides is 3. The van der Waals surface area contributed by atoms with Gasteiger partial charge in [0.25, 0.3) is 5.91 Å². The molecule has 3 N–H and O–H groups in total. The zero-order valence-electron chi connectivity index (χ0n) is 16.4. The largest absolute Gasteiger partial charge is 0.418 e. The van der Waals surface area contributed by atoms with Gasteiger partial charge >= 0.3 is 6.18 Å². The number of fused-ring (bicyclic) bond motifs is 1. The summed E-state index contributed by atoms with van der Waals surface area (Å²) >= 11 is 0. The van der Waals surface area contributed by atoms with Gasteiger partial charge in [0, 0.05) is 17.5 Å². The number of H-pyrrole nitrogens is 1. The van der Waals surface area contributed by atoms with Crippen LogP contribution in [0.4, 0.5) is 27.8 Å². The molecule has 0 saturated carbocycles. The monoisotopic (exact) mass is 439 g/mol. The second kappa shape index (κ2) is 8.70. The predicted octanol–water partition coefficient (Wildman–Crippen LogP) is 4.71. The molecule has 3 aromatic rings. The number of halogens is 5. The Labute approximate surface area is 173 Å². The van der Waals surface area contributed by atoms with Gasteiger partial charge in [-0.1, -0.05) is 19.9 Å². The number of aromatic nitrogens is 2. The highest BCUT2D eigenvalue weighted by molar-refractivity contribution is 6.09. The van der Waals surface area contributed by atoms with E-state index in [0.29, 0.717) is 12.6 Å². The third-order valence-electron chi connectivity index (χ3n) is 4.20. The van der Waals surface area contributed by atoms with Crippen LogP contribution in [-0.4, -0.2) is 28.6 Å². The number of nitrogens with one attached hydrogen (secondary N) is 3. The third kappa shape index (κ3) is 5.16. The van der Waals surface area contributed by atoms with Crippen molar-refractivity contribution in [2.45, 2.75) is 20.0 Å². The van der Waals surface area contributed by atoms with Crippen LogP contribution in [-0.2, 0) is 6.18 Å². The first-order chi connectivity index (χ1) is 14.6. The number of para-hydroxylation sites is 1. The number of aromatic amines is 1. The summed E-state index contributed by atoms with van der Waals surface area (Å²) in [6.45, 7) is 4.15. The van der Waals surface area contributed by atoms with Crippen LogP contribution < -0.4 is 10.6 Å². The van der Waals surface area contributed by atoms with Crippen molar-refractivity contribution in [3.63, 3.8) is 0 Å². The number of nitrogens with zero attached hydrogens (tertiary/aromatic N) is 2. The molecule has 1 amide bonds. The molecule has 0 radical (unpaired) electrons. The molecule has 0 aliphatic carbocycles. The van der Waals surface area contributed by atoms with Gasteiger partial charge in [-0.3, -0.25) is 9.89 Å². The zero-order chi connectivity index (χ0) is 22.8. The lowest BCUT2D eigenvalue weighted by molar-refractivity contribution is -0.136. The van der Waals surface area contributed by atoms with E-state index in [1.807, 2.05) is 13.8 Å². The van der Waals surface area contributed by atoms with Crippen molar-refractivity contribution in [2.75, 3.05) is 11.9 Å². The molecule has 0 bridgehead atoms. The van der Waals surface area contributed by atoms with Crippen LogP contribution in [0.15, 0.2) is 41.4 Å². The molecule has 1 aromatic heterocycles. The lowest BCUT2D eigenvalue weighted by Crippen LogP contribution is -2.34. The highest BCUT2D eigenvalue weighted by Crippen LogP contribution is 2.35. The minimum Gasteiger partial charge on any atom is -0.355 e. The average Bonchev–Trinajstić information content (AvgIpc) is 3.10. The number of carbonyl (C=O) groups is 1.